The smallest absolute Gasteiger partial charge is 0.296 e. The van der Waals surface area contributed by atoms with Crippen LogP contribution in [0.15, 0.2) is 4.79 Å². The highest BCUT2D eigenvalue weighted by Crippen LogP contribution is 2.26. The van der Waals surface area contributed by atoms with Gasteiger partial charge in [0, 0.05) is 0 Å². The SMILES string of the molecule is CN1CCCC1c1n[nH]c(=O)[nH]1. The number of aromatic nitrogens is 3. The van der Waals surface area contributed by atoms with Crippen molar-refractivity contribution < 1.29 is 0 Å². The van der Waals surface area contributed by atoms with Gasteiger partial charge in [-0.1, -0.05) is 0 Å². The Hall–Kier alpha value is -1.10. The van der Waals surface area contributed by atoms with E-state index in [1.165, 1.54) is 6.42 Å². The first-order valence-corrected chi connectivity index (χ1v) is 4.12. The maximum atomic E-state index is 10.8. The highest BCUT2D eigenvalue weighted by atomic mass is 16.1. The lowest BCUT2D eigenvalue weighted by Gasteiger charge is -2.15. The second kappa shape index (κ2) is 2.75. The van der Waals surface area contributed by atoms with Gasteiger partial charge < -0.3 is 0 Å². The van der Waals surface area contributed by atoms with Gasteiger partial charge in [-0.15, -0.1) is 0 Å². The highest BCUT2D eigenvalue weighted by molar-refractivity contribution is 4.94. The number of aromatic amines is 2. The van der Waals surface area contributed by atoms with Crippen LogP contribution in [0.5, 0.6) is 0 Å². The molecule has 2 heterocycles. The Balaban J connectivity index is 2.24. The van der Waals surface area contributed by atoms with Crippen LogP contribution in [0.1, 0.15) is 24.7 Å². The zero-order chi connectivity index (χ0) is 8.55. The monoisotopic (exact) mass is 168 g/mol. The predicted molar refractivity (Wildman–Crippen MR) is 43.8 cm³/mol. The third-order valence-corrected chi connectivity index (χ3v) is 2.36. The number of likely N-dealkylation sites (tertiary alicyclic amines) is 1. The lowest BCUT2D eigenvalue weighted by molar-refractivity contribution is 0.306. The third-order valence-electron chi connectivity index (χ3n) is 2.36. The molecule has 1 saturated heterocycles. The minimum atomic E-state index is -0.217. The van der Waals surface area contributed by atoms with E-state index in [0.717, 1.165) is 18.8 Å². The summed E-state index contributed by atoms with van der Waals surface area (Å²) in [5, 5.41) is 6.29. The molecule has 0 radical (unpaired) electrons. The van der Waals surface area contributed by atoms with Crippen molar-refractivity contribution in [3.05, 3.63) is 16.3 Å². The molecule has 1 atom stereocenters. The van der Waals surface area contributed by atoms with Crippen LogP contribution in [0.2, 0.25) is 0 Å². The molecule has 0 amide bonds. The highest BCUT2D eigenvalue weighted by Gasteiger charge is 2.24. The van der Waals surface area contributed by atoms with Gasteiger partial charge in [-0.2, -0.15) is 5.10 Å². The second-order valence-corrected chi connectivity index (χ2v) is 3.20. The van der Waals surface area contributed by atoms with Gasteiger partial charge >= 0.3 is 5.69 Å². The van der Waals surface area contributed by atoms with Crippen molar-refractivity contribution in [2.45, 2.75) is 18.9 Å². The fraction of sp³-hybridized carbons (Fsp3) is 0.714. The summed E-state index contributed by atoms with van der Waals surface area (Å²) in [4.78, 5) is 15.6. The lowest BCUT2D eigenvalue weighted by atomic mass is 10.2. The number of nitrogens with zero attached hydrogens (tertiary/aromatic N) is 2. The van der Waals surface area contributed by atoms with Gasteiger partial charge in [0.1, 0.15) is 5.82 Å². The quantitative estimate of drug-likeness (QED) is 0.613. The van der Waals surface area contributed by atoms with Crippen LogP contribution in [0.4, 0.5) is 0 Å². The molecule has 1 unspecified atom stereocenters. The largest absolute Gasteiger partial charge is 0.340 e. The summed E-state index contributed by atoms with van der Waals surface area (Å²) < 4.78 is 0. The Bertz CT molecular complexity index is 315. The third kappa shape index (κ3) is 1.16. The molecule has 5 nitrogen and oxygen atoms in total. The number of hydrogen-bond donors (Lipinski definition) is 2. The Morgan fingerprint density at radius 2 is 2.50 bits per heavy atom. The van der Waals surface area contributed by atoms with Gasteiger partial charge in [0.05, 0.1) is 6.04 Å². The maximum Gasteiger partial charge on any atom is 0.340 e. The van der Waals surface area contributed by atoms with Crippen molar-refractivity contribution in [3.8, 4) is 0 Å². The fourth-order valence-electron chi connectivity index (χ4n) is 1.70. The van der Waals surface area contributed by atoms with E-state index < -0.39 is 0 Å². The van der Waals surface area contributed by atoms with Crippen LogP contribution in [0.25, 0.3) is 0 Å². The molecule has 1 aromatic heterocycles. The summed E-state index contributed by atoms with van der Waals surface area (Å²) in [5.74, 6) is 0.764. The molecule has 0 saturated carbocycles. The maximum absolute atomic E-state index is 10.8. The van der Waals surface area contributed by atoms with E-state index in [4.69, 9.17) is 0 Å². The van der Waals surface area contributed by atoms with Crippen LogP contribution >= 0.6 is 0 Å². The summed E-state index contributed by atoms with van der Waals surface area (Å²) in [5.41, 5.74) is -0.217. The molecule has 2 rings (SSSR count). The molecule has 0 aliphatic carbocycles. The minimum Gasteiger partial charge on any atom is -0.296 e. The van der Waals surface area contributed by atoms with Crippen LogP contribution in [-0.2, 0) is 0 Å². The number of H-pyrrole nitrogens is 2. The number of rotatable bonds is 1. The van der Waals surface area contributed by atoms with Gasteiger partial charge in [0.2, 0.25) is 0 Å². The average molecular weight is 168 g/mol. The van der Waals surface area contributed by atoms with Crippen molar-refractivity contribution >= 4 is 0 Å². The van der Waals surface area contributed by atoms with E-state index >= 15 is 0 Å². The fourth-order valence-corrected chi connectivity index (χ4v) is 1.70. The van der Waals surface area contributed by atoms with Crippen LogP contribution in [0, 0.1) is 0 Å². The summed E-state index contributed by atoms with van der Waals surface area (Å²) >= 11 is 0. The molecule has 1 aromatic rings. The first-order chi connectivity index (χ1) is 5.77. The van der Waals surface area contributed by atoms with Crippen LogP contribution in [-0.4, -0.2) is 33.7 Å². The molecule has 1 aliphatic rings. The molecule has 1 fully saturated rings. The van der Waals surface area contributed by atoms with E-state index in [1.807, 2.05) is 7.05 Å². The van der Waals surface area contributed by atoms with Crippen LogP contribution in [0.3, 0.4) is 0 Å². The second-order valence-electron chi connectivity index (χ2n) is 3.20. The van der Waals surface area contributed by atoms with Gasteiger partial charge in [-0.05, 0) is 26.4 Å². The Kier molecular flexibility index (Phi) is 1.73. The Morgan fingerprint density at radius 3 is 3.00 bits per heavy atom. The topological polar surface area (TPSA) is 64.8 Å². The molecular formula is C7H12N4O. The van der Waals surface area contributed by atoms with E-state index in [0.29, 0.717) is 6.04 Å². The Labute approximate surface area is 69.8 Å². The van der Waals surface area contributed by atoms with E-state index in [9.17, 15) is 4.79 Å². The first kappa shape index (κ1) is 7.54. The summed E-state index contributed by atoms with van der Waals surface area (Å²) in [6.07, 6.45) is 2.26. The molecular weight excluding hydrogens is 156 g/mol. The molecule has 12 heavy (non-hydrogen) atoms. The van der Waals surface area contributed by atoms with E-state index in [2.05, 4.69) is 20.1 Å². The van der Waals surface area contributed by atoms with Crippen molar-refractivity contribution in [1.29, 1.82) is 0 Å². The van der Waals surface area contributed by atoms with Gasteiger partial charge in [-0.25, -0.2) is 9.89 Å². The number of nitrogens with one attached hydrogen (secondary N) is 2. The molecule has 0 bridgehead atoms. The van der Waals surface area contributed by atoms with Crippen molar-refractivity contribution in [1.82, 2.24) is 20.1 Å². The normalized spacial score (nSPS) is 24.9. The molecule has 1 aliphatic heterocycles. The molecule has 66 valence electrons. The molecule has 5 heteroatoms. The zero-order valence-electron chi connectivity index (χ0n) is 7.00. The summed E-state index contributed by atoms with van der Waals surface area (Å²) in [6.45, 7) is 1.08. The van der Waals surface area contributed by atoms with Crippen molar-refractivity contribution in [2.24, 2.45) is 0 Å². The minimum absolute atomic E-state index is 0.217. The molecule has 2 N–H and O–H groups in total. The standard InChI is InChI=1S/C7H12N4O/c1-11-4-2-3-5(11)6-8-7(12)10-9-6/h5H,2-4H2,1H3,(H2,8,9,10,12). The molecule has 0 aromatic carbocycles. The predicted octanol–water partition coefficient (Wildman–Crippen LogP) is -0.135. The van der Waals surface area contributed by atoms with Gasteiger partial charge in [0.15, 0.2) is 0 Å². The number of hydrogen-bond acceptors (Lipinski definition) is 3. The Morgan fingerprint density at radius 1 is 1.67 bits per heavy atom. The average Bonchev–Trinajstić information content (AvgIpc) is 2.58. The first-order valence-electron chi connectivity index (χ1n) is 4.12. The van der Waals surface area contributed by atoms with E-state index in [-0.39, 0.29) is 5.69 Å². The molecule has 0 spiro atoms. The summed E-state index contributed by atoms with van der Waals surface area (Å²) in [7, 11) is 2.05. The summed E-state index contributed by atoms with van der Waals surface area (Å²) in [6, 6.07) is 0.295. The zero-order valence-corrected chi connectivity index (χ0v) is 7.00. The van der Waals surface area contributed by atoms with Crippen molar-refractivity contribution in [3.63, 3.8) is 0 Å². The van der Waals surface area contributed by atoms with Crippen LogP contribution < -0.4 is 5.69 Å². The lowest BCUT2D eigenvalue weighted by Crippen LogP contribution is -2.19. The van der Waals surface area contributed by atoms with Gasteiger partial charge in [0.25, 0.3) is 0 Å². The van der Waals surface area contributed by atoms with Gasteiger partial charge in [-0.3, -0.25) is 9.88 Å². The van der Waals surface area contributed by atoms with E-state index in [1.54, 1.807) is 0 Å². The van der Waals surface area contributed by atoms with Crippen molar-refractivity contribution in [2.75, 3.05) is 13.6 Å².